The molecule has 1 aromatic rings. The first kappa shape index (κ1) is 20.7. The Morgan fingerprint density at radius 2 is 1.96 bits per heavy atom. The minimum atomic E-state index is -5.47. The second-order valence-electron chi connectivity index (χ2n) is 5.49. The lowest BCUT2D eigenvalue weighted by Crippen LogP contribution is -2.73. The molecule has 0 aromatic heterocycles. The maximum Gasteiger partial charge on any atom is 0.437 e. The van der Waals surface area contributed by atoms with E-state index in [1.54, 1.807) is 0 Å². The predicted octanol–water partition coefficient (Wildman–Crippen LogP) is 2.07. The molecule has 2 amide bonds. The van der Waals surface area contributed by atoms with Crippen molar-refractivity contribution in [1.29, 1.82) is 0 Å². The molecule has 12 heteroatoms. The van der Waals surface area contributed by atoms with Crippen LogP contribution in [0.1, 0.15) is 18.5 Å². The molecule has 1 aliphatic heterocycles. The predicted molar refractivity (Wildman–Crippen MR) is 78.6 cm³/mol. The van der Waals surface area contributed by atoms with Crippen LogP contribution in [0.25, 0.3) is 0 Å². The number of carbonyl (C=O) groups excluding carboxylic acids is 2. The number of alkyl halides is 5. The molecule has 1 aromatic carbocycles. The summed E-state index contributed by atoms with van der Waals surface area (Å²) in [7, 11) is 0. The van der Waals surface area contributed by atoms with E-state index in [0.717, 1.165) is 12.1 Å². The van der Waals surface area contributed by atoms with Crippen LogP contribution in [0.3, 0.4) is 0 Å². The summed E-state index contributed by atoms with van der Waals surface area (Å²) in [5, 5.41) is 13.5. The Kier molecular flexibility index (Phi) is 5.78. The molecule has 3 unspecified atom stereocenters. The lowest BCUT2D eigenvalue weighted by molar-refractivity contribution is -0.294. The van der Waals surface area contributed by atoms with E-state index < -0.39 is 48.2 Å². The second-order valence-corrected chi connectivity index (χ2v) is 5.49. The van der Waals surface area contributed by atoms with Gasteiger partial charge in [-0.3, -0.25) is 4.79 Å². The Morgan fingerprint density at radius 1 is 1.33 bits per heavy atom. The van der Waals surface area contributed by atoms with Crippen molar-refractivity contribution in [2.75, 3.05) is 6.61 Å². The highest BCUT2D eigenvalue weighted by Gasteiger charge is 2.67. The van der Waals surface area contributed by atoms with E-state index in [1.165, 1.54) is 24.4 Å². The molecule has 1 aliphatic rings. The number of aliphatic hydroxyl groups is 1. The van der Waals surface area contributed by atoms with Gasteiger partial charge >= 0.3 is 24.8 Å². The van der Waals surface area contributed by atoms with Gasteiger partial charge in [0.25, 0.3) is 5.72 Å². The van der Waals surface area contributed by atoms with Crippen LogP contribution in [0, 0.1) is 5.92 Å². The third-order valence-electron chi connectivity index (χ3n) is 3.82. The molecule has 0 aliphatic carbocycles. The van der Waals surface area contributed by atoms with Gasteiger partial charge in [0, 0.05) is 5.56 Å². The molecule has 1 saturated heterocycles. The molecule has 7 nitrogen and oxygen atoms in total. The van der Waals surface area contributed by atoms with Crippen molar-refractivity contribution in [1.82, 2.24) is 10.6 Å². The zero-order chi connectivity index (χ0) is 20.4. The molecule has 1 fully saturated rings. The van der Waals surface area contributed by atoms with Crippen molar-refractivity contribution >= 4 is 12.0 Å². The van der Waals surface area contributed by atoms with E-state index in [0.29, 0.717) is 0 Å². The van der Waals surface area contributed by atoms with Gasteiger partial charge in [0.1, 0.15) is 11.7 Å². The number of benzene rings is 1. The third-order valence-corrected chi connectivity index (χ3v) is 3.82. The molecular formula is C15H15F5N2O5. The molecule has 0 saturated carbocycles. The number of hydrogen-bond acceptors (Lipinski definition) is 5. The number of carbonyl (C=O) groups is 2. The normalized spacial score (nSPS) is 25.6. The summed E-state index contributed by atoms with van der Waals surface area (Å²) in [5.74, 6) is -4.50. The van der Waals surface area contributed by atoms with Crippen molar-refractivity contribution in [3.05, 3.63) is 29.8 Å². The smallest absolute Gasteiger partial charge is 0.437 e. The average molecular weight is 398 g/mol. The van der Waals surface area contributed by atoms with E-state index in [-0.39, 0.29) is 12.2 Å². The van der Waals surface area contributed by atoms with Crippen LogP contribution < -0.4 is 15.4 Å². The van der Waals surface area contributed by atoms with E-state index in [9.17, 15) is 36.6 Å². The number of esters is 1. The summed E-state index contributed by atoms with van der Waals surface area (Å²) in [6.45, 7) is -2.31. The van der Waals surface area contributed by atoms with Crippen LogP contribution in [0.5, 0.6) is 5.75 Å². The molecule has 0 spiro atoms. The lowest BCUT2D eigenvalue weighted by Gasteiger charge is -2.44. The topological polar surface area (TPSA) is 96.9 Å². The SMILES string of the molecule is CCOC(=O)C1C(c2ccccc2OC(F)F)NC(=O)NC1(O)C(F)(F)F. The summed E-state index contributed by atoms with van der Waals surface area (Å²) >= 11 is 0. The number of halogens is 5. The zero-order valence-corrected chi connectivity index (χ0v) is 13.7. The molecule has 0 radical (unpaired) electrons. The number of para-hydroxylation sites is 1. The quantitative estimate of drug-likeness (QED) is 0.521. The highest BCUT2D eigenvalue weighted by Crippen LogP contribution is 2.44. The summed E-state index contributed by atoms with van der Waals surface area (Å²) < 4.78 is 74.6. The van der Waals surface area contributed by atoms with Crippen molar-refractivity contribution in [2.45, 2.75) is 31.5 Å². The van der Waals surface area contributed by atoms with Gasteiger partial charge in [0.15, 0.2) is 0 Å². The van der Waals surface area contributed by atoms with E-state index in [4.69, 9.17) is 0 Å². The molecule has 2 rings (SSSR count). The fourth-order valence-electron chi connectivity index (χ4n) is 2.74. The van der Waals surface area contributed by atoms with Crippen molar-refractivity contribution in [3.8, 4) is 5.75 Å². The molecule has 0 bridgehead atoms. The van der Waals surface area contributed by atoms with Crippen LogP contribution in [-0.2, 0) is 9.53 Å². The summed E-state index contributed by atoms with van der Waals surface area (Å²) in [4.78, 5) is 24.0. The van der Waals surface area contributed by atoms with Crippen LogP contribution in [0.15, 0.2) is 24.3 Å². The fraction of sp³-hybridized carbons (Fsp3) is 0.467. The van der Waals surface area contributed by atoms with Gasteiger partial charge in [-0.2, -0.15) is 22.0 Å². The maximum atomic E-state index is 13.5. The molecule has 150 valence electrons. The lowest BCUT2D eigenvalue weighted by atomic mass is 9.81. The Hall–Kier alpha value is -2.63. The number of urea groups is 1. The van der Waals surface area contributed by atoms with Crippen molar-refractivity contribution in [3.63, 3.8) is 0 Å². The first-order valence-electron chi connectivity index (χ1n) is 7.59. The third kappa shape index (κ3) is 4.04. The molecule has 1 heterocycles. The first-order valence-corrected chi connectivity index (χ1v) is 7.59. The Labute approximate surface area is 149 Å². The number of ether oxygens (including phenoxy) is 2. The summed E-state index contributed by atoms with van der Waals surface area (Å²) in [5.41, 5.74) is -4.36. The number of nitrogens with one attached hydrogen (secondary N) is 2. The summed E-state index contributed by atoms with van der Waals surface area (Å²) in [6.07, 6.45) is -5.47. The van der Waals surface area contributed by atoms with E-state index >= 15 is 0 Å². The molecule has 3 atom stereocenters. The second kappa shape index (κ2) is 7.55. The first-order chi connectivity index (χ1) is 12.5. The number of rotatable bonds is 5. The minimum Gasteiger partial charge on any atom is -0.466 e. The zero-order valence-electron chi connectivity index (χ0n) is 13.7. The van der Waals surface area contributed by atoms with Gasteiger partial charge in [-0.25, -0.2) is 4.79 Å². The average Bonchev–Trinajstić information content (AvgIpc) is 2.53. The van der Waals surface area contributed by atoms with Crippen LogP contribution in [0.2, 0.25) is 0 Å². The largest absolute Gasteiger partial charge is 0.466 e. The standard InChI is InChI=1S/C15H15F5N2O5/c1-2-26-11(23)9-10(7-5-3-4-6-8(7)27-12(16)17)21-13(24)22-14(9,25)15(18,19)20/h3-6,9-10,12,25H,2H2,1H3,(H2,21,22,24). The number of amides is 2. The van der Waals surface area contributed by atoms with Crippen molar-refractivity contribution in [2.24, 2.45) is 5.92 Å². The fourth-order valence-corrected chi connectivity index (χ4v) is 2.74. The van der Waals surface area contributed by atoms with Gasteiger partial charge in [0.2, 0.25) is 0 Å². The Balaban J connectivity index is 2.61. The monoisotopic (exact) mass is 398 g/mol. The van der Waals surface area contributed by atoms with E-state index in [2.05, 4.69) is 9.47 Å². The highest BCUT2D eigenvalue weighted by atomic mass is 19.4. The summed E-state index contributed by atoms with van der Waals surface area (Å²) in [6, 6.07) is 1.31. The van der Waals surface area contributed by atoms with Gasteiger partial charge in [-0.15, -0.1) is 0 Å². The Morgan fingerprint density at radius 3 is 2.52 bits per heavy atom. The molecule has 27 heavy (non-hydrogen) atoms. The van der Waals surface area contributed by atoms with Crippen LogP contribution in [0.4, 0.5) is 26.7 Å². The molecular weight excluding hydrogens is 383 g/mol. The minimum absolute atomic E-state index is 0.320. The van der Waals surface area contributed by atoms with Gasteiger partial charge in [-0.05, 0) is 13.0 Å². The van der Waals surface area contributed by atoms with Crippen LogP contribution >= 0.6 is 0 Å². The van der Waals surface area contributed by atoms with Crippen LogP contribution in [-0.4, -0.2) is 42.2 Å². The van der Waals surface area contributed by atoms with Gasteiger partial charge < -0.3 is 25.2 Å². The van der Waals surface area contributed by atoms with Crippen molar-refractivity contribution < 1.29 is 46.1 Å². The highest BCUT2D eigenvalue weighted by molar-refractivity contribution is 5.83. The van der Waals surface area contributed by atoms with Gasteiger partial charge in [-0.1, -0.05) is 18.2 Å². The van der Waals surface area contributed by atoms with E-state index in [1.807, 2.05) is 5.32 Å². The molecule has 3 N–H and O–H groups in total. The maximum absolute atomic E-state index is 13.5. The Bertz CT molecular complexity index is 714. The number of hydrogen-bond donors (Lipinski definition) is 3. The van der Waals surface area contributed by atoms with Gasteiger partial charge in [0.05, 0.1) is 12.6 Å².